The first kappa shape index (κ1) is 19.3. The molecule has 2 heterocycles. The smallest absolute Gasteiger partial charge is 0.273 e. The molecular weight excluding hydrogens is 382 g/mol. The van der Waals surface area contributed by atoms with Gasteiger partial charge in [0.25, 0.3) is 11.5 Å². The summed E-state index contributed by atoms with van der Waals surface area (Å²) in [4.78, 5) is 41.8. The molecule has 0 saturated carbocycles. The molecule has 8 nitrogen and oxygen atoms in total. The fourth-order valence-electron chi connectivity index (χ4n) is 3.33. The summed E-state index contributed by atoms with van der Waals surface area (Å²) < 4.78 is 1.22. The number of hydrazine groups is 1. The Kier molecular flexibility index (Phi) is 5.21. The van der Waals surface area contributed by atoms with Crippen LogP contribution in [0.1, 0.15) is 23.0 Å². The average Bonchev–Trinajstić information content (AvgIpc) is 2.78. The Labute approximate surface area is 171 Å². The van der Waals surface area contributed by atoms with E-state index in [0.717, 1.165) is 16.5 Å². The summed E-state index contributed by atoms with van der Waals surface area (Å²) in [6.45, 7) is 2.09. The molecule has 4 aromatic rings. The van der Waals surface area contributed by atoms with Crippen molar-refractivity contribution in [3.8, 4) is 0 Å². The van der Waals surface area contributed by atoms with Gasteiger partial charge in [-0.25, -0.2) is 4.68 Å². The van der Waals surface area contributed by atoms with Crippen molar-refractivity contribution in [1.29, 1.82) is 0 Å². The van der Waals surface area contributed by atoms with Crippen molar-refractivity contribution in [3.05, 3.63) is 82.4 Å². The van der Waals surface area contributed by atoms with Gasteiger partial charge in [0.1, 0.15) is 0 Å². The molecule has 2 aromatic heterocycles. The molecule has 0 fully saturated rings. The highest BCUT2D eigenvalue weighted by molar-refractivity contribution is 6.05. The minimum atomic E-state index is -0.599. The zero-order valence-corrected chi connectivity index (χ0v) is 16.3. The number of nitrogens with zero attached hydrogens (tertiary/aromatic N) is 3. The number of carbonyl (C=O) groups excluding carboxylic acids is 2. The summed E-state index contributed by atoms with van der Waals surface area (Å²) >= 11 is 0. The minimum absolute atomic E-state index is 0.0528. The molecule has 2 amide bonds. The van der Waals surface area contributed by atoms with Gasteiger partial charge in [-0.05, 0) is 24.6 Å². The highest BCUT2D eigenvalue weighted by Crippen LogP contribution is 2.16. The van der Waals surface area contributed by atoms with Crippen LogP contribution in [0.5, 0.6) is 0 Å². The van der Waals surface area contributed by atoms with E-state index >= 15 is 0 Å². The molecule has 2 N–H and O–H groups in total. The topological polar surface area (TPSA) is 106 Å². The highest BCUT2D eigenvalue weighted by atomic mass is 16.2. The molecule has 2 aromatic carbocycles. The normalized spacial score (nSPS) is 10.8. The maximum Gasteiger partial charge on any atom is 0.290 e. The monoisotopic (exact) mass is 401 g/mol. The number of aryl methyl sites for hydroxylation is 1. The predicted molar refractivity (Wildman–Crippen MR) is 113 cm³/mol. The Balaban J connectivity index is 1.53. The van der Waals surface area contributed by atoms with Crippen molar-refractivity contribution in [3.63, 3.8) is 0 Å². The third kappa shape index (κ3) is 3.62. The van der Waals surface area contributed by atoms with Crippen LogP contribution in [0.3, 0.4) is 0 Å². The number of hydrogen-bond acceptors (Lipinski definition) is 5. The zero-order chi connectivity index (χ0) is 21.1. The van der Waals surface area contributed by atoms with Gasteiger partial charge in [-0.15, -0.1) is 0 Å². The van der Waals surface area contributed by atoms with Crippen LogP contribution in [0.15, 0.2) is 65.6 Å². The second-order valence-electron chi connectivity index (χ2n) is 6.69. The third-order valence-electron chi connectivity index (χ3n) is 4.77. The molecule has 0 bridgehead atoms. The van der Waals surface area contributed by atoms with Crippen molar-refractivity contribution >= 4 is 33.5 Å². The van der Waals surface area contributed by atoms with E-state index in [9.17, 15) is 14.4 Å². The Hall–Kier alpha value is -4.07. The molecule has 0 atom stereocenters. The van der Waals surface area contributed by atoms with E-state index in [-0.39, 0.29) is 17.7 Å². The lowest BCUT2D eigenvalue weighted by atomic mass is 10.1. The molecule has 4 rings (SSSR count). The van der Waals surface area contributed by atoms with Crippen LogP contribution in [-0.2, 0) is 17.8 Å². The van der Waals surface area contributed by atoms with Gasteiger partial charge < -0.3 is 0 Å². The highest BCUT2D eigenvalue weighted by Gasteiger charge is 2.17. The van der Waals surface area contributed by atoms with E-state index in [1.165, 1.54) is 4.68 Å². The molecule has 0 aliphatic carbocycles. The number of rotatable bonds is 4. The second kappa shape index (κ2) is 8.12. The van der Waals surface area contributed by atoms with Gasteiger partial charge in [-0.2, -0.15) is 5.10 Å². The quantitative estimate of drug-likeness (QED) is 0.509. The Morgan fingerprint density at radius 2 is 1.73 bits per heavy atom. The standard InChI is InChI=1S/C22H19N5O3/c1-2-27-22(30)17-11-4-3-10-16(17)20(26-27)21(29)25-24-18(28)13-15-8-5-7-14-9-6-12-23-19(14)15/h3-12H,2,13H2,1H3,(H,24,28)(H,25,29). The summed E-state index contributed by atoms with van der Waals surface area (Å²) in [6, 6.07) is 16.1. The Morgan fingerprint density at radius 3 is 2.53 bits per heavy atom. The average molecular weight is 401 g/mol. The van der Waals surface area contributed by atoms with Crippen molar-refractivity contribution in [2.24, 2.45) is 0 Å². The first-order chi connectivity index (χ1) is 14.6. The van der Waals surface area contributed by atoms with Crippen molar-refractivity contribution < 1.29 is 9.59 Å². The van der Waals surface area contributed by atoms with E-state index in [2.05, 4.69) is 20.9 Å². The number of pyridine rings is 1. The molecule has 0 aliphatic rings. The molecule has 0 spiro atoms. The summed E-state index contributed by atoms with van der Waals surface area (Å²) in [5, 5.41) is 5.91. The van der Waals surface area contributed by atoms with E-state index in [0.29, 0.717) is 17.3 Å². The van der Waals surface area contributed by atoms with Crippen LogP contribution < -0.4 is 16.4 Å². The Bertz CT molecular complexity index is 1320. The number of para-hydroxylation sites is 1. The van der Waals surface area contributed by atoms with Crippen molar-refractivity contribution in [2.45, 2.75) is 19.9 Å². The van der Waals surface area contributed by atoms with E-state index in [1.54, 1.807) is 37.4 Å². The number of fused-ring (bicyclic) bond motifs is 2. The number of carbonyl (C=O) groups is 2. The van der Waals surface area contributed by atoms with Gasteiger partial charge in [0.2, 0.25) is 5.91 Å². The summed E-state index contributed by atoms with van der Waals surface area (Å²) in [5.41, 5.74) is 6.11. The van der Waals surface area contributed by atoms with Gasteiger partial charge >= 0.3 is 0 Å². The molecule has 8 heteroatoms. The fraction of sp³-hybridized carbons (Fsp3) is 0.136. The van der Waals surface area contributed by atoms with Gasteiger partial charge in [-0.3, -0.25) is 30.2 Å². The van der Waals surface area contributed by atoms with Gasteiger partial charge in [0, 0.05) is 23.5 Å². The second-order valence-corrected chi connectivity index (χ2v) is 6.69. The molecule has 0 aliphatic heterocycles. The minimum Gasteiger partial charge on any atom is -0.273 e. The first-order valence-corrected chi connectivity index (χ1v) is 9.50. The van der Waals surface area contributed by atoms with Crippen LogP contribution in [0.2, 0.25) is 0 Å². The largest absolute Gasteiger partial charge is 0.290 e. The van der Waals surface area contributed by atoms with Crippen LogP contribution in [0, 0.1) is 0 Å². The lowest BCUT2D eigenvalue weighted by Crippen LogP contribution is -2.43. The fourth-order valence-corrected chi connectivity index (χ4v) is 3.33. The summed E-state index contributed by atoms with van der Waals surface area (Å²) in [6.07, 6.45) is 1.72. The van der Waals surface area contributed by atoms with E-state index < -0.39 is 11.8 Å². The number of nitrogens with one attached hydrogen (secondary N) is 2. The SMILES string of the molecule is CCn1nc(C(=O)NNC(=O)Cc2cccc3cccnc23)c2ccccc2c1=O. The first-order valence-electron chi connectivity index (χ1n) is 9.50. The van der Waals surface area contributed by atoms with Crippen molar-refractivity contribution in [2.75, 3.05) is 0 Å². The number of benzene rings is 2. The molecule has 0 saturated heterocycles. The van der Waals surface area contributed by atoms with Crippen LogP contribution in [-0.4, -0.2) is 26.6 Å². The number of hydrogen-bond donors (Lipinski definition) is 2. The van der Waals surface area contributed by atoms with Crippen LogP contribution >= 0.6 is 0 Å². The molecule has 0 unspecified atom stereocenters. The van der Waals surface area contributed by atoms with Crippen molar-refractivity contribution in [1.82, 2.24) is 25.6 Å². The van der Waals surface area contributed by atoms with Crippen LogP contribution in [0.25, 0.3) is 21.7 Å². The lowest BCUT2D eigenvalue weighted by molar-refractivity contribution is -0.121. The predicted octanol–water partition coefficient (Wildman–Crippen LogP) is 1.97. The van der Waals surface area contributed by atoms with Gasteiger partial charge in [0.15, 0.2) is 5.69 Å². The lowest BCUT2D eigenvalue weighted by Gasteiger charge is -2.11. The van der Waals surface area contributed by atoms with Gasteiger partial charge in [-0.1, -0.05) is 42.5 Å². The number of aromatic nitrogens is 3. The van der Waals surface area contributed by atoms with Crippen LogP contribution in [0.4, 0.5) is 0 Å². The van der Waals surface area contributed by atoms with E-state index in [1.807, 2.05) is 30.3 Å². The maximum atomic E-state index is 12.7. The molecule has 30 heavy (non-hydrogen) atoms. The molecule has 150 valence electrons. The zero-order valence-electron chi connectivity index (χ0n) is 16.3. The summed E-state index contributed by atoms with van der Waals surface area (Å²) in [5.74, 6) is -0.993. The van der Waals surface area contributed by atoms with Gasteiger partial charge in [0.05, 0.1) is 17.3 Å². The molecular formula is C22H19N5O3. The maximum absolute atomic E-state index is 12.7. The number of amides is 2. The summed E-state index contributed by atoms with van der Waals surface area (Å²) in [7, 11) is 0. The third-order valence-corrected chi connectivity index (χ3v) is 4.77. The van der Waals surface area contributed by atoms with E-state index in [4.69, 9.17) is 0 Å². The molecule has 0 radical (unpaired) electrons. The Morgan fingerprint density at radius 1 is 0.967 bits per heavy atom.